The molecule has 0 saturated carbocycles. The molecule has 0 saturated heterocycles. The van der Waals surface area contributed by atoms with E-state index in [1.807, 2.05) is 50.2 Å². The van der Waals surface area contributed by atoms with E-state index >= 15 is 0 Å². The average molecular weight is 559 g/mol. The van der Waals surface area contributed by atoms with Crippen LogP contribution < -0.4 is 0 Å². The molecule has 0 unspecified atom stereocenters. The summed E-state index contributed by atoms with van der Waals surface area (Å²) in [6.45, 7) is 2.79. The fraction of sp³-hybridized carbons (Fsp3) is 0.538. The van der Waals surface area contributed by atoms with Gasteiger partial charge in [-0.2, -0.15) is 8.42 Å². The minimum atomic E-state index is -3.67. The zero-order valence-electron chi connectivity index (χ0n) is 19.2. The van der Waals surface area contributed by atoms with Gasteiger partial charge in [0.25, 0.3) is 10.1 Å². The predicted molar refractivity (Wildman–Crippen MR) is 149 cm³/mol. The first-order valence-electron chi connectivity index (χ1n) is 9.37. The Kier molecular flexibility index (Phi) is 88.8. The maximum absolute atomic E-state index is 11.7. The van der Waals surface area contributed by atoms with E-state index in [-0.39, 0.29) is 49.7 Å². The van der Waals surface area contributed by atoms with Crippen LogP contribution in [0.2, 0.25) is 0 Å². The number of benzene rings is 2. The first kappa shape index (κ1) is 59.2. The van der Waals surface area contributed by atoms with Crippen LogP contribution in [-0.4, -0.2) is 46.4 Å². The van der Waals surface area contributed by atoms with Crippen molar-refractivity contribution in [3.05, 3.63) is 71.8 Å². The molecule has 0 aliphatic carbocycles. The summed E-state index contributed by atoms with van der Waals surface area (Å²) >= 11 is 0. The van der Waals surface area contributed by atoms with E-state index in [2.05, 4.69) is 0 Å². The molecular formula is C26H52F6O3S. The van der Waals surface area contributed by atoms with Crippen LogP contribution in [0.4, 0.5) is 26.3 Å². The smallest absolute Gasteiger partial charge is 0.261 e. The molecule has 0 aliphatic heterocycles. The minimum absolute atomic E-state index is 0. The van der Waals surface area contributed by atoms with Gasteiger partial charge in [0.1, 0.15) is 26.7 Å². The first-order valence-corrected chi connectivity index (χ1v) is 11.2. The normalized spacial score (nSPS) is 7.33. The van der Waals surface area contributed by atoms with Crippen molar-refractivity contribution in [3.63, 3.8) is 0 Å². The summed E-state index contributed by atoms with van der Waals surface area (Å²) in [7, 11) is -3.17. The second-order valence-electron chi connectivity index (χ2n) is 4.62. The lowest BCUT2D eigenvalue weighted by atomic mass is 10.2. The van der Waals surface area contributed by atoms with Crippen LogP contribution in [-0.2, 0) is 23.5 Å². The molecule has 36 heavy (non-hydrogen) atoms. The van der Waals surface area contributed by atoms with Gasteiger partial charge >= 0.3 is 0 Å². The van der Waals surface area contributed by atoms with Crippen molar-refractivity contribution in [2.24, 2.45) is 0 Å². The van der Waals surface area contributed by atoms with Crippen molar-refractivity contribution < 1.29 is 39.3 Å². The molecule has 1 N–H and O–H groups in total. The molecule has 222 valence electrons. The Morgan fingerprint density at radius 3 is 0.889 bits per heavy atom. The number of alkyl halides is 6. The molecule has 2 rings (SSSR count). The second-order valence-corrected chi connectivity index (χ2v) is 6.08. The first-order chi connectivity index (χ1) is 15.2. The summed E-state index contributed by atoms with van der Waals surface area (Å²) in [6.07, 6.45) is 0.715. The molecule has 2 aromatic carbocycles. The standard InChI is InChI=1S/2C7H7F.C2H4F2.C2H5F.C2H6.CH3F.CH4O3S.4CH4/c2*8-6-7-4-2-1-3-5-7;3-1-2-4;1-2-3;2*1-2;1-5(2,3)4;;;;/h2*1-5H,6H2;1-2H2;2H2,1H3;1-2H3;1H3;1H3,(H,2,3,4);4*1H4. The molecular weight excluding hydrogens is 506 g/mol. The van der Waals surface area contributed by atoms with Gasteiger partial charge in [-0.3, -0.25) is 13.3 Å². The molecule has 3 nitrogen and oxygen atoms in total. The summed E-state index contributed by atoms with van der Waals surface area (Å²) in [5.74, 6) is 0. The van der Waals surface area contributed by atoms with Gasteiger partial charge in [0, 0.05) is 0 Å². The quantitative estimate of drug-likeness (QED) is 0.301. The summed E-state index contributed by atoms with van der Waals surface area (Å²) in [4.78, 5) is 0. The number of hydrogen-bond donors (Lipinski definition) is 1. The van der Waals surface area contributed by atoms with Crippen LogP contribution in [0.15, 0.2) is 60.7 Å². The van der Waals surface area contributed by atoms with Crippen molar-refractivity contribution in [1.29, 1.82) is 0 Å². The maximum atomic E-state index is 11.7. The van der Waals surface area contributed by atoms with Crippen LogP contribution in [0.3, 0.4) is 0 Å². The van der Waals surface area contributed by atoms with E-state index in [0.717, 1.165) is 11.1 Å². The van der Waals surface area contributed by atoms with Gasteiger partial charge in [0.05, 0.1) is 20.1 Å². The summed E-state index contributed by atoms with van der Waals surface area (Å²) < 4.78 is 89.8. The third-order valence-corrected chi connectivity index (χ3v) is 2.07. The highest BCUT2D eigenvalue weighted by Gasteiger charge is 1.83. The molecule has 10 heteroatoms. The van der Waals surface area contributed by atoms with E-state index in [1.165, 1.54) is 6.92 Å². The van der Waals surface area contributed by atoms with Gasteiger partial charge in [-0.1, -0.05) is 104 Å². The van der Waals surface area contributed by atoms with Gasteiger partial charge < -0.3 is 0 Å². The third kappa shape index (κ3) is 85.2. The predicted octanol–water partition coefficient (Wildman–Crippen LogP) is 9.87. The van der Waals surface area contributed by atoms with E-state index in [0.29, 0.717) is 13.4 Å². The van der Waals surface area contributed by atoms with Crippen molar-refractivity contribution in [3.8, 4) is 0 Å². The van der Waals surface area contributed by atoms with Crippen molar-refractivity contribution in [2.75, 3.05) is 33.5 Å². The zero-order chi connectivity index (χ0) is 26.3. The summed E-state index contributed by atoms with van der Waals surface area (Å²) in [6, 6.07) is 18.1. The Morgan fingerprint density at radius 2 is 0.806 bits per heavy atom. The molecule has 0 spiro atoms. The lowest BCUT2D eigenvalue weighted by Crippen LogP contribution is -1.88. The summed E-state index contributed by atoms with van der Waals surface area (Å²) in [5, 5.41) is 0. The lowest BCUT2D eigenvalue weighted by molar-refractivity contribution is 0.380. The molecule has 0 fully saturated rings. The highest BCUT2D eigenvalue weighted by Crippen LogP contribution is 1.99. The number of hydrogen-bond acceptors (Lipinski definition) is 2. The SMILES string of the molecule is C.C.C.C.CC.CCF.CF.CS(=O)(=O)O.FCCF.FCc1ccccc1.FCc1ccccc1. The van der Waals surface area contributed by atoms with Crippen LogP contribution in [0.1, 0.15) is 61.6 Å². The van der Waals surface area contributed by atoms with Gasteiger partial charge in [-0.25, -0.2) is 17.6 Å². The molecule has 0 amide bonds. The fourth-order valence-electron chi connectivity index (χ4n) is 1.13. The summed E-state index contributed by atoms with van der Waals surface area (Å²) in [5.41, 5.74) is 1.49. The van der Waals surface area contributed by atoms with E-state index < -0.39 is 23.5 Å². The van der Waals surface area contributed by atoms with Crippen LogP contribution in [0.25, 0.3) is 0 Å². The Morgan fingerprint density at radius 1 is 0.639 bits per heavy atom. The number of halogens is 6. The maximum Gasteiger partial charge on any atom is 0.261 e. The molecule has 0 bridgehead atoms. The monoisotopic (exact) mass is 558 g/mol. The lowest BCUT2D eigenvalue weighted by Gasteiger charge is -1.87. The Hall–Kier alpha value is -2.07. The van der Waals surface area contributed by atoms with Gasteiger partial charge in [-0.15, -0.1) is 0 Å². The van der Waals surface area contributed by atoms with Crippen LogP contribution in [0, 0.1) is 0 Å². The highest BCUT2D eigenvalue weighted by molar-refractivity contribution is 7.85. The zero-order valence-corrected chi connectivity index (χ0v) is 20.1. The van der Waals surface area contributed by atoms with Crippen LogP contribution in [0.5, 0.6) is 0 Å². The molecule has 2 aromatic rings. The number of rotatable bonds is 3. The molecule has 0 aromatic heterocycles. The van der Waals surface area contributed by atoms with Crippen LogP contribution >= 0.6 is 0 Å². The third-order valence-electron chi connectivity index (χ3n) is 2.07. The molecule has 0 atom stereocenters. The van der Waals surface area contributed by atoms with Crippen molar-refractivity contribution in [2.45, 2.75) is 63.8 Å². The Balaban J connectivity index is -0.0000000352. The van der Waals surface area contributed by atoms with E-state index in [4.69, 9.17) is 4.55 Å². The van der Waals surface area contributed by atoms with E-state index in [1.54, 1.807) is 24.3 Å². The fourth-order valence-corrected chi connectivity index (χ4v) is 1.13. The largest absolute Gasteiger partial charge is 0.286 e. The van der Waals surface area contributed by atoms with Crippen molar-refractivity contribution >= 4 is 10.1 Å². The molecule has 0 aliphatic rings. The second kappa shape index (κ2) is 54.0. The van der Waals surface area contributed by atoms with Gasteiger partial charge in [-0.05, 0) is 18.1 Å². The Bertz CT molecular complexity index is 583. The average Bonchev–Trinajstić information content (AvgIpc) is 2.83. The van der Waals surface area contributed by atoms with Gasteiger partial charge in [0.15, 0.2) is 0 Å². The van der Waals surface area contributed by atoms with Crippen molar-refractivity contribution in [1.82, 2.24) is 0 Å². The highest BCUT2D eigenvalue weighted by atomic mass is 32.2. The van der Waals surface area contributed by atoms with E-state index in [9.17, 15) is 34.8 Å². The molecule has 0 heterocycles. The topological polar surface area (TPSA) is 54.4 Å². The minimum Gasteiger partial charge on any atom is -0.286 e. The Labute approximate surface area is 218 Å². The van der Waals surface area contributed by atoms with Gasteiger partial charge in [0.2, 0.25) is 0 Å². The molecule has 0 radical (unpaired) electrons.